The lowest BCUT2D eigenvalue weighted by molar-refractivity contribution is 0.0415. The number of amides is 2. The van der Waals surface area contributed by atoms with Gasteiger partial charge in [-0.3, -0.25) is 4.79 Å². The maximum atomic E-state index is 12.4. The van der Waals surface area contributed by atoms with Gasteiger partial charge in [0.1, 0.15) is 11.2 Å². The van der Waals surface area contributed by atoms with E-state index in [1.165, 1.54) is 0 Å². The molecule has 0 aromatic carbocycles. The number of hydrogen-bond donors (Lipinski definition) is 2. The fraction of sp³-hybridized carbons (Fsp3) is 0.632. The molecule has 1 aromatic rings. The van der Waals surface area contributed by atoms with Gasteiger partial charge >= 0.3 is 6.09 Å². The average molecular weight is 363 g/mol. The standard InChI is InChI=1S/C19H29N3O4/c1-5-25-16-13(15(20)23)9-10-14(21-16)19(11-7-6-8-12-19)22-17(24)26-18(2,3)4/h9-10H,5-8,11-12H2,1-4H3,(H2,20,23)(H,22,24). The summed E-state index contributed by atoms with van der Waals surface area (Å²) < 4.78 is 10.9. The van der Waals surface area contributed by atoms with Crippen molar-refractivity contribution in [3.05, 3.63) is 23.4 Å². The van der Waals surface area contributed by atoms with Crippen molar-refractivity contribution in [3.63, 3.8) is 0 Å². The first kappa shape index (κ1) is 20.0. The second kappa shape index (κ2) is 7.93. The number of hydrogen-bond acceptors (Lipinski definition) is 5. The maximum absolute atomic E-state index is 12.4. The Hall–Kier alpha value is -2.31. The van der Waals surface area contributed by atoms with Gasteiger partial charge in [0.2, 0.25) is 5.88 Å². The van der Waals surface area contributed by atoms with Crippen LogP contribution in [-0.4, -0.2) is 29.2 Å². The van der Waals surface area contributed by atoms with E-state index in [0.717, 1.165) is 32.1 Å². The van der Waals surface area contributed by atoms with E-state index in [1.807, 2.05) is 27.7 Å². The number of rotatable bonds is 5. The zero-order valence-electron chi connectivity index (χ0n) is 16.1. The number of primary amides is 1. The van der Waals surface area contributed by atoms with Crippen molar-refractivity contribution in [2.45, 2.75) is 70.9 Å². The zero-order valence-corrected chi connectivity index (χ0v) is 16.1. The van der Waals surface area contributed by atoms with Crippen molar-refractivity contribution >= 4 is 12.0 Å². The quantitative estimate of drug-likeness (QED) is 0.835. The lowest BCUT2D eigenvalue weighted by atomic mass is 9.79. The third-order valence-corrected chi connectivity index (χ3v) is 4.34. The Labute approximate surface area is 154 Å². The first-order valence-corrected chi connectivity index (χ1v) is 9.12. The summed E-state index contributed by atoms with van der Waals surface area (Å²) in [7, 11) is 0. The van der Waals surface area contributed by atoms with Gasteiger partial charge in [0.05, 0.1) is 17.8 Å². The van der Waals surface area contributed by atoms with E-state index in [-0.39, 0.29) is 11.4 Å². The number of carbonyl (C=O) groups excluding carboxylic acids is 2. The van der Waals surface area contributed by atoms with Gasteiger partial charge in [-0.1, -0.05) is 19.3 Å². The van der Waals surface area contributed by atoms with E-state index in [4.69, 9.17) is 15.2 Å². The maximum Gasteiger partial charge on any atom is 0.408 e. The highest BCUT2D eigenvalue weighted by atomic mass is 16.6. The number of carbonyl (C=O) groups is 2. The van der Waals surface area contributed by atoms with Crippen molar-refractivity contribution in [1.82, 2.24) is 10.3 Å². The van der Waals surface area contributed by atoms with Crippen LogP contribution in [0.1, 0.15) is 75.9 Å². The molecule has 2 rings (SSSR count). The van der Waals surface area contributed by atoms with Gasteiger partial charge in [0.15, 0.2) is 0 Å². The molecule has 1 fully saturated rings. The molecule has 3 N–H and O–H groups in total. The molecule has 0 radical (unpaired) electrons. The molecule has 0 saturated heterocycles. The number of nitrogens with one attached hydrogen (secondary N) is 1. The van der Waals surface area contributed by atoms with Gasteiger partial charge in [-0.05, 0) is 52.7 Å². The summed E-state index contributed by atoms with van der Waals surface area (Å²) in [5.41, 5.74) is 5.09. The Morgan fingerprint density at radius 2 is 1.88 bits per heavy atom. The molecule has 0 bridgehead atoms. The molecule has 1 saturated carbocycles. The smallest absolute Gasteiger partial charge is 0.408 e. The number of ether oxygens (including phenoxy) is 2. The Bertz CT molecular complexity index is 661. The predicted molar refractivity (Wildman–Crippen MR) is 98.1 cm³/mol. The summed E-state index contributed by atoms with van der Waals surface area (Å²) in [6, 6.07) is 3.36. The molecule has 0 spiro atoms. The van der Waals surface area contributed by atoms with Crippen LogP contribution < -0.4 is 15.8 Å². The summed E-state index contributed by atoms with van der Waals surface area (Å²) in [4.78, 5) is 28.6. The highest BCUT2D eigenvalue weighted by molar-refractivity contribution is 5.95. The Kier molecular flexibility index (Phi) is 6.10. The molecule has 1 aliphatic carbocycles. The van der Waals surface area contributed by atoms with Gasteiger partial charge in [0, 0.05) is 0 Å². The summed E-state index contributed by atoms with van der Waals surface area (Å²) in [6.07, 6.45) is 4.08. The van der Waals surface area contributed by atoms with Crippen LogP contribution >= 0.6 is 0 Å². The summed E-state index contributed by atoms with van der Waals surface area (Å²) >= 11 is 0. The average Bonchev–Trinajstić information content (AvgIpc) is 2.53. The molecular weight excluding hydrogens is 334 g/mol. The van der Waals surface area contributed by atoms with Crippen LogP contribution in [0.4, 0.5) is 4.79 Å². The Morgan fingerprint density at radius 1 is 1.23 bits per heavy atom. The molecular formula is C19H29N3O4. The van der Waals surface area contributed by atoms with Crippen LogP contribution in [0.5, 0.6) is 5.88 Å². The van der Waals surface area contributed by atoms with Gasteiger partial charge < -0.3 is 20.5 Å². The second-order valence-corrected chi connectivity index (χ2v) is 7.62. The zero-order chi connectivity index (χ0) is 19.4. The van der Waals surface area contributed by atoms with Crippen LogP contribution in [0.15, 0.2) is 12.1 Å². The highest BCUT2D eigenvalue weighted by Gasteiger charge is 2.38. The number of nitrogens with two attached hydrogens (primary N) is 1. The normalized spacial score (nSPS) is 16.6. The summed E-state index contributed by atoms with van der Waals surface area (Å²) in [5.74, 6) is -0.390. The summed E-state index contributed by atoms with van der Waals surface area (Å²) in [5, 5.41) is 3.03. The highest BCUT2D eigenvalue weighted by Crippen LogP contribution is 2.37. The first-order chi connectivity index (χ1) is 12.2. The largest absolute Gasteiger partial charge is 0.477 e. The minimum Gasteiger partial charge on any atom is -0.477 e. The van der Waals surface area contributed by atoms with E-state index >= 15 is 0 Å². The molecule has 1 aliphatic rings. The van der Waals surface area contributed by atoms with Crippen LogP contribution in [-0.2, 0) is 10.3 Å². The molecule has 7 nitrogen and oxygen atoms in total. The van der Waals surface area contributed by atoms with Crippen LogP contribution in [0.2, 0.25) is 0 Å². The van der Waals surface area contributed by atoms with Crippen LogP contribution in [0.3, 0.4) is 0 Å². The summed E-state index contributed by atoms with van der Waals surface area (Å²) in [6.45, 7) is 7.66. The lowest BCUT2D eigenvalue weighted by Gasteiger charge is -2.38. The molecule has 1 heterocycles. The molecule has 7 heteroatoms. The molecule has 1 aromatic heterocycles. The fourth-order valence-electron chi connectivity index (χ4n) is 3.24. The number of aromatic nitrogens is 1. The topological polar surface area (TPSA) is 104 Å². The SMILES string of the molecule is CCOc1nc(C2(NC(=O)OC(C)(C)C)CCCCC2)ccc1C(N)=O. The predicted octanol–water partition coefficient (Wildman–Crippen LogP) is 3.26. The third kappa shape index (κ3) is 4.86. The van der Waals surface area contributed by atoms with Gasteiger partial charge in [-0.25, -0.2) is 9.78 Å². The monoisotopic (exact) mass is 363 g/mol. The van der Waals surface area contributed by atoms with Crippen molar-refractivity contribution in [3.8, 4) is 5.88 Å². The van der Waals surface area contributed by atoms with E-state index < -0.39 is 23.1 Å². The van der Waals surface area contributed by atoms with E-state index in [9.17, 15) is 9.59 Å². The molecule has 26 heavy (non-hydrogen) atoms. The first-order valence-electron chi connectivity index (χ1n) is 9.12. The number of pyridine rings is 1. The Balaban J connectivity index is 2.38. The minimum atomic E-state index is -0.636. The van der Waals surface area contributed by atoms with E-state index in [0.29, 0.717) is 12.3 Å². The van der Waals surface area contributed by atoms with Crippen LogP contribution in [0, 0.1) is 0 Å². The molecule has 0 atom stereocenters. The van der Waals surface area contributed by atoms with E-state index in [1.54, 1.807) is 12.1 Å². The number of nitrogens with zero attached hydrogens (tertiary/aromatic N) is 1. The molecule has 0 aliphatic heterocycles. The van der Waals surface area contributed by atoms with Crippen LogP contribution in [0.25, 0.3) is 0 Å². The fourth-order valence-corrected chi connectivity index (χ4v) is 3.24. The second-order valence-electron chi connectivity index (χ2n) is 7.62. The third-order valence-electron chi connectivity index (χ3n) is 4.34. The van der Waals surface area contributed by atoms with E-state index in [2.05, 4.69) is 10.3 Å². The minimum absolute atomic E-state index is 0.202. The molecule has 0 unspecified atom stereocenters. The van der Waals surface area contributed by atoms with Gasteiger partial charge in [-0.2, -0.15) is 0 Å². The van der Waals surface area contributed by atoms with Crippen molar-refractivity contribution in [1.29, 1.82) is 0 Å². The molecule has 2 amide bonds. The lowest BCUT2D eigenvalue weighted by Crippen LogP contribution is -2.49. The van der Waals surface area contributed by atoms with Crippen molar-refractivity contribution < 1.29 is 19.1 Å². The van der Waals surface area contributed by atoms with Crippen molar-refractivity contribution in [2.24, 2.45) is 5.73 Å². The molecule has 144 valence electrons. The Morgan fingerprint density at radius 3 is 2.42 bits per heavy atom. The van der Waals surface area contributed by atoms with Crippen molar-refractivity contribution in [2.75, 3.05) is 6.61 Å². The number of alkyl carbamates (subject to hydrolysis) is 1. The van der Waals surface area contributed by atoms with Gasteiger partial charge in [-0.15, -0.1) is 0 Å². The van der Waals surface area contributed by atoms with Gasteiger partial charge in [0.25, 0.3) is 5.91 Å².